The summed E-state index contributed by atoms with van der Waals surface area (Å²) in [7, 11) is 0. The molecule has 2 atom stereocenters. The van der Waals surface area contributed by atoms with Gasteiger partial charge in [0.15, 0.2) is 0 Å². The van der Waals surface area contributed by atoms with Crippen LogP contribution in [0.1, 0.15) is 5.56 Å². The van der Waals surface area contributed by atoms with Gasteiger partial charge in [-0.2, -0.15) is 0 Å². The minimum atomic E-state index is -0.427. The second-order valence-corrected chi connectivity index (χ2v) is 5.00. The van der Waals surface area contributed by atoms with E-state index in [0.717, 1.165) is 12.1 Å². The number of hydrogen-bond donors (Lipinski definition) is 2. The summed E-state index contributed by atoms with van der Waals surface area (Å²) in [5.41, 5.74) is 1.06. The quantitative estimate of drug-likeness (QED) is 0.754. The van der Waals surface area contributed by atoms with E-state index < -0.39 is 6.04 Å². The van der Waals surface area contributed by atoms with Crippen molar-refractivity contribution in [3.63, 3.8) is 0 Å². The predicted octanol–water partition coefficient (Wildman–Crippen LogP) is -0.472. The molecule has 0 radical (unpaired) electrons. The van der Waals surface area contributed by atoms with E-state index >= 15 is 0 Å². The number of piperazine rings is 2. The van der Waals surface area contributed by atoms with E-state index in [2.05, 4.69) is 10.6 Å². The van der Waals surface area contributed by atoms with Crippen molar-refractivity contribution in [2.24, 2.45) is 0 Å². The van der Waals surface area contributed by atoms with Gasteiger partial charge < -0.3 is 15.5 Å². The Morgan fingerprint density at radius 3 is 2.79 bits per heavy atom. The minimum Gasteiger partial charge on any atom is -0.342 e. The van der Waals surface area contributed by atoms with Crippen LogP contribution >= 0.6 is 0 Å². The number of benzene rings is 1. The van der Waals surface area contributed by atoms with Crippen LogP contribution in [0.2, 0.25) is 0 Å². The molecule has 0 saturated carbocycles. The molecule has 1 aromatic rings. The van der Waals surface area contributed by atoms with Gasteiger partial charge in [0.05, 0.1) is 0 Å². The summed E-state index contributed by atoms with van der Waals surface area (Å²) >= 11 is 0. The third kappa shape index (κ3) is 2.33. The van der Waals surface area contributed by atoms with Crippen molar-refractivity contribution in [2.75, 3.05) is 19.6 Å². The maximum atomic E-state index is 12.4. The Kier molecular flexibility index (Phi) is 3.21. The lowest BCUT2D eigenvalue weighted by atomic mass is 9.99. The Morgan fingerprint density at radius 1 is 1.21 bits per heavy atom. The first-order valence-electron chi connectivity index (χ1n) is 6.61. The molecule has 5 nitrogen and oxygen atoms in total. The maximum Gasteiger partial charge on any atom is 0.246 e. The van der Waals surface area contributed by atoms with Crippen molar-refractivity contribution >= 4 is 11.8 Å². The molecular formula is C14H17N3O2. The molecule has 0 bridgehead atoms. The number of carbonyl (C=O) groups is 2. The average Bonchev–Trinajstić information content (AvgIpc) is 2.46. The molecule has 2 aliphatic heterocycles. The van der Waals surface area contributed by atoms with E-state index in [1.807, 2.05) is 30.3 Å². The molecular weight excluding hydrogens is 242 g/mol. The summed E-state index contributed by atoms with van der Waals surface area (Å²) in [5.74, 6) is -0.0114. The van der Waals surface area contributed by atoms with E-state index in [9.17, 15) is 9.59 Å². The fourth-order valence-electron chi connectivity index (χ4n) is 2.72. The average molecular weight is 259 g/mol. The first-order chi connectivity index (χ1) is 9.25. The zero-order valence-electron chi connectivity index (χ0n) is 10.6. The van der Waals surface area contributed by atoms with Crippen molar-refractivity contribution in [3.05, 3.63) is 35.9 Å². The van der Waals surface area contributed by atoms with E-state index in [4.69, 9.17) is 0 Å². The molecule has 0 unspecified atom stereocenters. The Labute approximate surface area is 112 Å². The summed E-state index contributed by atoms with van der Waals surface area (Å²) in [6.07, 6.45) is 0.558. The Morgan fingerprint density at radius 2 is 2.00 bits per heavy atom. The topological polar surface area (TPSA) is 61.4 Å². The summed E-state index contributed by atoms with van der Waals surface area (Å²) in [5, 5.41) is 5.99. The van der Waals surface area contributed by atoms with Gasteiger partial charge in [-0.1, -0.05) is 30.3 Å². The molecule has 19 heavy (non-hydrogen) atoms. The first kappa shape index (κ1) is 12.2. The number of rotatable bonds is 2. The first-order valence-corrected chi connectivity index (χ1v) is 6.61. The molecule has 2 amide bonds. The van der Waals surface area contributed by atoms with Gasteiger partial charge in [0.25, 0.3) is 0 Å². The molecule has 0 spiro atoms. The van der Waals surface area contributed by atoms with Gasteiger partial charge in [-0.3, -0.25) is 9.59 Å². The molecule has 2 N–H and O–H groups in total. The fraction of sp³-hybridized carbons (Fsp3) is 0.429. The summed E-state index contributed by atoms with van der Waals surface area (Å²) in [6, 6.07) is 9.01. The van der Waals surface area contributed by atoms with Gasteiger partial charge in [0.2, 0.25) is 11.8 Å². The number of fused-ring (bicyclic) bond motifs is 1. The van der Waals surface area contributed by atoms with Crippen LogP contribution < -0.4 is 10.6 Å². The van der Waals surface area contributed by atoms with E-state index in [-0.39, 0.29) is 17.9 Å². The zero-order valence-corrected chi connectivity index (χ0v) is 10.6. The summed E-state index contributed by atoms with van der Waals surface area (Å²) < 4.78 is 0. The van der Waals surface area contributed by atoms with Crippen LogP contribution in [-0.4, -0.2) is 48.4 Å². The standard InChI is InChI=1S/C14H17N3O2/c18-13-12-9-15-6-7-17(12)14(19)11(16-13)8-10-4-2-1-3-5-10/h1-5,11-12,15H,6-9H2,(H,16,18)/t11-,12+/m1/s1. The Balaban J connectivity index is 1.76. The molecule has 5 heteroatoms. The van der Waals surface area contributed by atoms with Gasteiger partial charge in [0, 0.05) is 26.1 Å². The number of hydrogen-bond acceptors (Lipinski definition) is 3. The predicted molar refractivity (Wildman–Crippen MR) is 70.4 cm³/mol. The summed E-state index contributed by atoms with van der Waals surface area (Å²) in [4.78, 5) is 26.1. The van der Waals surface area contributed by atoms with Crippen molar-refractivity contribution in [1.82, 2.24) is 15.5 Å². The fourth-order valence-corrected chi connectivity index (χ4v) is 2.72. The largest absolute Gasteiger partial charge is 0.342 e. The van der Waals surface area contributed by atoms with Gasteiger partial charge in [-0.15, -0.1) is 0 Å². The highest BCUT2D eigenvalue weighted by atomic mass is 16.2. The maximum absolute atomic E-state index is 12.4. The molecule has 0 aliphatic carbocycles. The highest BCUT2D eigenvalue weighted by Crippen LogP contribution is 2.15. The van der Waals surface area contributed by atoms with Crippen molar-refractivity contribution in [3.8, 4) is 0 Å². The van der Waals surface area contributed by atoms with E-state index in [1.54, 1.807) is 4.90 Å². The van der Waals surface area contributed by atoms with Gasteiger partial charge in [0.1, 0.15) is 12.1 Å². The minimum absolute atomic E-state index is 0.0370. The lowest BCUT2D eigenvalue weighted by Gasteiger charge is -2.41. The molecule has 2 heterocycles. The van der Waals surface area contributed by atoms with Crippen LogP contribution in [-0.2, 0) is 16.0 Å². The van der Waals surface area contributed by atoms with Crippen molar-refractivity contribution < 1.29 is 9.59 Å². The Hall–Kier alpha value is -1.88. The Bertz CT molecular complexity index is 489. The monoisotopic (exact) mass is 259 g/mol. The summed E-state index contributed by atoms with van der Waals surface area (Å²) in [6.45, 7) is 1.92. The normalized spacial score (nSPS) is 26.8. The smallest absolute Gasteiger partial charge is 0.246 e. The van der Waals surface area contributed by atoms with E-state index in [0.29, 0.717) is 19.5 Å². The molecule has 2 saturated heterocycles. The second kappa shape index (κ2) is 5.01. The molecule has 1 aromatic carbocycles. The van der Waals surface area contributed by atoms with Crippen LogP contribution in [0.15, 0.2) is 30.3 Å². The second-order valence-electron chi connectivity index (χ2n) is 5.00. The highest BCUT2D eigenvalue weighted by molar-refractivity contribution is 5.97. The highest BCUT2D eigenvalue weighted by Gasteiger charge is 2.41. The number of amides is 2. The van der Waals surface area contributed by atoms with Gasteiger partial charge in [-0.05, 0) is 5.56 Å². The zero-order chi connectivity index (χ0) is 13.2. The number of nitrogens with one attached hydrogen (secondary N) is 2. The van der Waals surface area contributed by atoms with Crippen LogP contribution in [0.4, 0.5) is 0 Å². The third-order valence-corrected chi connectivity index (χ3v) is 3.73. The van der Waals surface area contributed by atoms with Crippen LogP contribution in [0.25, 0.3) is 0 Å². The molecule has 0 aromatic heterocycles. The lowest BCUT2D eigenvalue weighted by Crippen LogP contribution is -2.69. The SMILES string of the molecule is O=C1N[C@H](Cc2ccccc2)C(=O)N2CCNC[C@@H]12. The van der Waals surface area contributed by atoms with Crippen molar-refractivity contribution in [1.29, 1.82) is 0 Å². The molecule has 100 valence electrons. The van der Waals surface area contributed by atoms with Crippen LogP contribution in [0.5, 0.6) is 0 Å². The van der Waals surface area contributed by atoms with Gasteiger partial charge in [-0.25, -0.2) is 0 Å². The van der Waals surface area contributed by atoms with E-state index in [1.165, 1.54) is 0 Å². The molecule has 2 fully saturated rings. The lowest BCUT2D eigenvalue weighted by molar-refractivity contribution is -0.150. The van der Waals surface area contributed by atoms with Gasteiger partial charge >= 0.3 is 0 Å². The molecule has 2 aliphatic rings. The van der Waals surface area contributed by atoms with Crippen LogP contribution in [0.3, 0.4) is 0 Å². The number of carbonyl (C=O) groups excluding carboxylic acids is 2. The number of nitrogens with zero attached hydrogens (tertiary/aromatic N) is 1. The molecule has 3 rings (SSSR count). The third-order valence-electron chi connectivity index (χ3n) is 3.73. The van der Waals surface area contributed by atoms with Crippen LogP contribution in [0, 0.1) is 0 Å². The van der Waals surface area contributed by atoms with Crippen molar-refractivity contribution in [2.45, 2.75) is 18.5 Å².